The molecule has 0 saturated carbocycles. The zero-order chi connectivity index (χ0) is 24.6. The molecule has 2 N–H and O–H groups in total. The standard InChI is InChI=1S/C25H22N2O6S2/c28-22-20(32-24(34)26-22)14-16-4-8-18(9-5-16)30-12-2-1-3-13-31-19-10-6-17(7-11-19)15-21-23(29)27-25(35)33-21/h4-11,14-15H,1-3,12-13H2,(H,26,28,34)(H,27,29,35)/b20-14+,21-15+. The first-order valence-electron chi connectivity index (χ1n) is 10.9. The van der Waals surface area contributed by atoms with Crippen LogP contribution < -0.4 is 20.1 Å². The van der Waals surface area contributed by atoms with Crippen molar-refractivity contribution in [2.75, 3.05) is 13.2 Å². The fourth-order valence-electron chi connectivity index (χ4n) is 3.23. The van der Waals surface area contributed by atoms with Crippen molar-refractivity contribution in [1.82, 2.24) is 10.6 Å². The third kappa shape index (κ3) is 7.11. The predicted molar refractivity (Wildman–Crippen MR) is 137 cm³/mol. The highest BCUT2D eigenvalue weighted by molar-refractivity contribution is 7.80. The summed E-state index contributed by atoms with van der Waals surface area (Å²) in [5, 5.41) is 4.97. The number of hydrogen-bond acceptors (Lipinski definition) is 8. The summed E-state index contributed by atoms with van der Waals surface area (Å²) < 4.78 is 21.8. The van der Waals surface area contributed by atoms with Gasteiger partial charge in [-0.2, -0.15) is 0 Å². The minimum Gasteiger partial charge on any atom is -0.494 e. The van der Waals surface area contributed by atoms with Crippen molar-refractivity contribution in [3.63, 3.8) is 0 Å². The molecule has 2 aromatic rings. The molecule has 35 heavy (non-hydrogen) atoms. The molecule has 4 rings (SSSR count). The number of hydrogen-bond donors (Lipinski definition) is 2. The van der Waals surface area contributed by atoms with Crippen molar-refractivity contribution in [1.29, 1.82) is 0 Å². The summed E-state index contributed by atoms with van der Waals surface area (Å²) >= 11 is 9.62. The number of rotatable bonds is 10. The van der Waals surface area contributed by atoms with Crippen LogP contribution in [-0.4, -0.2) is 35.4 Å². The zero-order valence-corrected chi connectivity index (χ0v) is 20.2. The van der Waals surface area contributed by atoms with Crippen molar-refractivity contribution in [3.8, 4) is 11.5 Å². The van der Waals surface area contributed by atoms with Crippen molar-refractivity contribution in [2.45, 2.75) is 19.3 Å². The Morgan fingerprint density at radius 2 is 1.06 bits per heavy atom. The van der Waals surface area contributed by atoms with Gasteiger partial charge in [0.2, 0.25) is 0 Å². The van der Waals surface area contributed by atoms with Gasteiger partial charge in [-0.3, -0.25) is 20.2 Å². The maximum atomic E-state index is 11.6. The zero-order valence-electron chi connectivity index (χ0n) is 18.6. The van der Waals surface area contributed by atoms with Crippen molar-refractivity contribution >= 4 is 58.8 Å². The largest absolute Gasteiger partial charge is 0.494 e. The van der Waals surface area contributed by atoms with E-state index in [0.29, 0.717) is 13.2 Å². The molecule has 2 saturated heterocycles. The van der Waals surface area contributed by atoms with Crippen LogP contribution in [0.25, 0.3) is 12.2 Å². The maximum Gasteiger partial charge on any atom is 0.294 e. The van der Waals surface area contributed by atoms with Crippen molar-refractivity contribution in [2.24, 2.45) is 0 Å². The molecule has 2 fully saturated rings. The molecule has 2 aliphatic heterocycles. The third-order valence-electron chi connectivity index (χ3n) is 4.97. The Morgan fingerprint density at radius 1 is 0.657 bits per heavy atom. The van der Waals surface area contributed by atoms with E-state index >= 15 is 0 Å². The van der Waals surface area contributed by atoms with Gasteiger partial charge in [0.25, 0.3) is 22.2 Å². The van der Waals surface area contributed by atoms with Gasteiger partial charge < -0.3 is 18.9 Å². The number of amides is 2. The predicted octanol–water partition coefficient (Wildman–Crippen LogP) is 3.86. The molecule has 0 spiro atoms. The molecule has 0 atom stereocenters. The van der Waals surface area contributed by atoms with Crippen LogP contribution in [0.3, 0.4) is 0 Å². The molecule has 2 aromatic carbocycles. The summed E-state index contributed by atoms with van der Waals surface area (Å²) in [6, 6.07) is 14.8. The van der Waals surface area contributed by atoms with E-state index in [9.17, 15) is 9.59 Å². The van der Waals surface area contributed by atoms with Crippen LogP contribution in [0, 0.1) is 0 Å². The molecule has 10 heteroatoms. The average Bonchev–Trinajstić information content (AvgIpc) is 3.33. The van der Waals surface area contributed by atoms with Gasteiger partial charge in [-0.15, -0.1) is 0 Å². The first kappa shape index (κ1) is 24.4. The molecule has 2 heterocycles. The number of thiocarbonyl (C=S) groups is 2. The highest BCUT2D eigenvalue weighted by Gasteiger charge is 2.23. The monoisotopic (exact) mass is 510 g/mol. The van der Waals surface area contributed by atoms with Gasteiger partial charge in [0.1, 0.15) is 11.5 Å². The van der Waals surface area contributed by atoms with E-state index in [4.69, 9.17) is 43.4 Å². The molecule has 0 radical (unpaired) electrons. The number of benzene rings is 2. The van der Waals surface area contributed by atoms with Crippen LogP contribution >= 0.6 is 24.4 Å². The fraction of sp³-hybridized carbons (Fsp3) is 0.200. The molecule has 2 amide bonds. The smallest absolute Gasteiger partial charge is 0.294 e. The molecule has 0 unspecified atom stereocenters. The normalized spacial score (nSPS) is 17.3. The van der Waals surface area contributed by atoms with E-state index in [1.54, 1.807) is 12.2 Å². The minimum atomic E-state index is -0.343. The summed E-state index contributed by atoms with van der Waals surface area (Å²) in [4.78, 5) is 23.3. The van der Waals surface area contributed by atoms with E-state index in [2.05, 4.69) is 10.6 Å². The van der Waals surface area contributed by atoms with Gasteiger partial charge in [-0.05, 0) is 91.2 Å². The molecule has 180 valence electrons. The number of carbonyl (C=O) groups excluding carboxylic acids is 2. The van der Waals surface area contributed by atoms with Gasteiger partial charge in [-0.25, -0.2) is 0 Å². The SMILES string of the molecule is O=C1NC(=S)O/C1=C/c1ccc(OCCCCCOc2ccc(/C=C3/OC(=S)NC3=O)cc2)cc1. The molecule has 0 aromatic heterocycles. The Balaban J connectivity index is 1.11. The summed E-state index contributed by atoms with van der Waals surface area (Å²) in [7, 11) is 0. The highest BCUT2D eigenvalue weighted by atomic mass is 32.1. The summed E-state index contributed by atoms with van der Waals surface area (Å²) in [5.41, 5.74) is 1.63. The van der Waals surface area contributed by atoms with E-state index in [0.717, 1.165) is 41.9 Å². The molecule has 0 bridgehead atoms. The van der Waals surface area contributed by atoms with E-state index in [1.165, 1.54) is 0 Å². The van der Waals surface area contributed by atoms with Crippen LogP contribution in [-0.2, 0) is 19.1 Å². The molecule has 0 aliphatic carbocycles. The summed E-state index contributed by atoms with van der Waals surface area (Å²) in [6.07, 6.45) is 6.02. The van der Waals surface area contributed by atoms with Gasteiger partial charge in [0, 0.05) is 0 Å². The summed E-state index contributed by atoms with van der Waals surface area (Å²) in [5.74, 6) is 1.18. The quantitative estimate of drug-likeness (QED) is 0.283. The van der Waals surface area contributed by atoms with Crippen LogP contribution in [0.5, 0.6) is 11.5 Å². The van der Waals surface area contributed by atoms with E-state index < -0.39 is 0 Å². The number of unbranched alkanes of at least 4 members (excludes halogenated alkanes) is 2. The Bertz CT molecular complexity index is 1100. The average molecular weight is 511 g/mol. The Hall–Kier alpha value is -3.76. The summed E-state index contributed by atoms with van der Waals surface area (Å²) in [6.45, 7) is 1.20. The lowest BCUT2D eigenvalue weighted by molar-refractivity contribution is -0.117. The number of carbonyl (C=O) groups is 2. The van der Waals surface area contributed by atoms with Crippen molar-refractivity contribution in [3.05, 3.63) is 71.2 Å². The van der Waals surface area contributed by atoms with Crippen LogP contribution in [0.15, 0.2) is 60.0 Å². The first-order valence-corrected chi connectivity index (χ1v) is 11.7. The fourth-order valence-corrected chi connectivity index (χ4v) is 3.59. The highest BCUT2D eigenvalue weighted by Crippen LogP contribution is 2.19. The van der Waals surface area contributed by atoms with Crippen LogP contribution in [0.1, 0.15) is 30.4 Å². The lowest BCUT2D eigenvalue weighted by Gasteiger charge is -2.08. The Kier molecular flexibility index (Phi) is 8.07. The molecule has 2 aliphatic rings. The molecular formula is C25H22N2O6S2. The van der Waals surface area contributed by atoms with E-state index in [1.807, 2.05) is 48.5 Å². The van der Waals surface area contributed by atoms with Gasteiger partial charge in [-0.1, -0.05) is 24.3 Å². The molecular weight excluding hydrogens is 488 g/mol. The number of ether oxygens (including phenoxy) is 4. The second-order valence-corrected chi connectivity index (χ2v) is 8.34. The Morgan fingerprint density at radius 3 is 1.40 bits per heavy atom. The van der Waals surface area contributed by atoms with Crippen molar-refractivity contribution < 1.29 is 28.5 Å². The molecule has 8 nitrogen and oxygen atoms in total. The lowest BCUT2D eigenvalue weighted by Crippen LogP contribution is -2.18. The van der Waals surface area contributed by atoms with Crippen LogP contribution in [0.4, 0.5) is 0 Å². The first-order chi connectivity index (χ1) is 17.0. The topological polar surface area (TPSA) is 95.1 Å². The third-order valence-corrected chi connectivity index (χ3v) is 5.34. The Labute approximate surface area is 212 Å². The maximum absolute atomic E-state index is 11.6. The minimum absolute atomic E-state index is 0.0649. The van der Waals surface area contributed by atoms with Gasteiger partial charge in [0.15, 0.2) is 11.5 Å². The lowest BCUT2D eigenvalue weighted by atomic mass is 10.2. The second-order valence-electron chi connectivity index (χ2n) is 7.60. The van der Waals surface area contributed by atoms with Gasteiger partial charge >= 0.3 is 0 Å². The van der Waals surface area contributed by atoms with Gasteiger partial charge in [0.05, 0.1) is 13.2 Å². The number of nitrogens with one attached hydrogen (secondary N) is 2. The van der Waals surface area contributed by atoms with Crippen LogP contribution in [0.2, 0.25) is 0 Å². The van der Waals surface area contributed by atoms with E-state index in [-0.39, 0.29) is 33.7 Å². The second kappa shape index (κ2) is 11.6.